The fourth-order valence-corrected chi connectivity index (χ4v) is 1.66. The lowest BCUT2D eigenvalue weighted by Gasteiger charge is -2.18. The molecule has 1 rings (SSSR count). The molecule has 0 saturated carbocycles. The van der Waals surface area contributed by atoms with Gasteiger partial charge in [-0.25, -0.2) is 8.78 Å². The zero-order chi connectivity index (χ0) is 12.4. The molecular formula is C13H19F2N. The van der Waals surface area contributed by atoms with E-state index in [-0.39, 0.29) is 12.0 Å². The van der Waals surface area contributed by atoms with Crippen LogP contribution >= 0.6 is 0 Å². The summed E-state index contributed by atoms with van der Waals surface area (Å²) in [5.74, 6) is -2.64. The second-order valence-corrected chi connectivity index (χ2v) is 5.23. The molecule has 1 aromatic carbocycles. The molecule has 2 N–H and O–H groups in total. The summed E-state index contributed by atoms with van der Waals surface area (Å²) >= 11 is 0. The van der Waals surface area contributed by atoms with E-state index in [9.17, 15) is 8.78 Å². The lowest BCUT2D eigenvalue weighted by Crippen LogP contribution is -2.34. The van der Waals surface area contributed by atoms with Gasteiger partial charge in [0.25, 0.3) is 0 Å². The van der Waals surface area contributed by atoms with Crippen LogP contribution in [-0.4, -0.2) is 11.5 Å². The fourth-order valence-electron chi connectivity index (χ4n) is 1.66. The topological polar surface area (TPSA) is 26.0 Å². The maximum atomic E-state index is 12.8. The number of alkyl halides is 2. The molecule has 0 fully saturated rings. The first kappa shape index (κ1) is 13.1. The van der Waals surface area contributed by atoms with Crippen LogP contribution in [0.15, 0.2) is 24.3 Å². The molecule has 0 spiro atoms. The molecule has 0 amide bonds. The first-order valence-electron chi connectivity index (χ1n) is 5.40. The van der Waals surface area contributed by atoms with Crippen molar-refractivity contribution in [1.82, 2.24) is 0 Å². The maximum Gasteiger partial charge on any atom is 0.249 e. The third-order valence-electron chi connectivity index (χ3n) is 2.20. The van der Waals surface area contributed by atoms with Crippen molar-refractivity contribution in [2.75, 3.05) is 0 Å². The number of nitrogens with two attached hydrogens (primary N) is 1. The normalized spacial score (nSPS) is 12.9. The Bertz CT molecular complexity index is 295. The molecule has 3 heteroatoms. The summed E-state index contributed by atoms with van der Waals surface area (Å²) in [5, 5.41) is 0. The minimum Gasteiger partial charge on any atom is -0.325 e. The maximum absolute atomic E-state index is 12.8. The highest BCUT2D eigenvalue weighted by Crippen LogP contribution is 2.20. The molecule has 0 bridgehead atoms. The molecule has 0 radical (unpaired) electrons. The van der Waals surface area contributed by atoms with Gasteiger partial charge in [0.1, 0.15) is 0 Å². The first-order valence-corrected chi connectivity index (χ1v) is 5.40. The average molecular weight is 227 g/mol. The summed E-state index contributed by atoms with van der Waals surface area (Å²) in [4.78, 5) is 0. The third kappa shape index (κ3) is 5.21. The number of hydrogen-bond donors (Lipinski definition) is 1. The smallest absolute Gasteiger partial charge is 0.249 e. The Balaban J connectivity index is 2.69. The number of rotatable bonds is 4. The van der Waals surface area contributed by atoms with E-state index >= 15 is 0 Å². The molecule has 1 nitrogen and oxygen atoms in total. The summed E-state index contributed by atoms with van der Waals surface area (Å²) in [6, 6.07) is 7.24. The molecule has 1 aromatic rings. The molecule has 0 saturated heterocycles. The van der Waals surface area contributed by atoms with Crippen LogP contribution in [0.4, 0.5) is 8.78 Å². The van der Waals surface area contributed by atoms with E-state index in [1.165, 1.54) is 0 Å². The van der Waals surface area contributed by atoms with Crippen molar-refractivity contribution >= 4 is 0 Å². The molecular weight excluding hydrogens is 208 g/mol. The van der Waals surface area contributed by atoms with Crippen molar-refractivity contribution in [2.24, 2.45) is 5.73 Å². The molecule has 0 aliphatic rings. The van der Waals surface area contributed by atoms with Crippen molar-refractivity contribution in [2.45, 2.75) is 45.1 Å². The van der Waals surface area contributed by atoms with Gasteiger partial charge >= 0.3 is 0 Å². The van der Waals surface area contributed by atoms with Crippen molar-refractivity contribution in [3.05, 3.63) is 35.4 Å². The van der Waals surface area contributed by atoms with E-state index in [1.54, 1.807) is 12.1 Å². The molecule has 16 heavy (non-hydrogen) atoms. The largest absolute Gasteiger partial charge is 0.325 e. The molecule has 0 atom stereocenters. The standard InChI is InChI=1S/C13H19F2N/c1-12(2,16)8-10-4-6-11(7-5-10)9-13(3,14)15/h4-7H,8-9,16H2,1-3H3. The van der Waals surface area contributed by atoms with E-state index in [0.717, 1.165) is 18.9 Å². The van der Waals surface area contributed by atoms with Gasteiger partial charge in [-0.3, -0.25) is 0 Å². The van der Waals surface area contributed by atoms with Crippen LogP contribution < -0.4 is 5.73 Å². The van der Waals surface area contributed by atoms with E-state index in [1.807, 2.05) is 26.0 Å². The van der Waals surface area contributed by atoms with Crippen molar-refractivity contribution in [1.29, 1.82) is 0 Å². The second kappa shape index (κ2) is 4.50. The minimum absolute atomic E-state index is 0.209. The Morgan fingerprint density at radius 2 is 1.31 bits per heavy atom. The highest BCUT2D eigenvalue weighted by Gasteiger charge is 2.21. The van der Waals surface area contributed by atoms with E-state index in [0.29, 0.717) is 5.56 Å². The van der Waals surface area contributed by atoms with Crippen molar-refractivity contribution < 1.29 is 8.78 Å². The molecule has 0 aliphatic carbocycles. The third-order valence-corrected chi connectivity index (χ3v) is 2.20. The summed E-state index contributed by atoms with van der Waals surface area (Å²) in [6.45, 7) is 4.83. The lowest BCUT2D eigenvalue weighted by atomic mass is 9.95. The Morgan fingerprint density at radius 3 is 1.62 bits per heavy atom. The SMILES string of the molecule is CC(C)(N)Cc1ccc(CC(C)(F)F)cc1. The van der Waals surface area contributed by atoms with Gasteiger partial charge in [-0.1, -0.05) is 24.3 Å². The number of halogens is 2. The van der Waals surface area contributed by atoms with Crippen LogP contribution in [0.25, 0.3) is 0 Å². The molecule has 0 aromatic heterocycles. The second-order valence-electron chi connectivity index (χ2n) is 5.23. The highest BCUT2D eigenvalue weighted by atomic mass is 19.3. The van der Waals surface area contributed by atoms with E-state index in [4.69, 9.17) is 5.73 Å². The Kier molecular flexibility index (Phi) is 3.68. The highest BCUT2D eigenvalue weighted by molar-refractivity contribution is 5.24. The molecule has 90 valence electrons. The number of hydrogen-bond acceptors (Lipinski definition) is 1. The molecule has 0 aliphatic heterocycles. The van der Waals surface area contributed by atoms with Crippen LogP contribution in [0, 0.1) is 0 Å². The Labute approximate surface area is 95.7 Å². The van der Waals surface area contributed by atoms with Gasteiger partial charge in [0, 0.05) is 12.0 Å². The number of benzene rings is 1. The van der Waals surface area contributed by atoms with Crippen molar-refractivity contribution in [3.63, 3.8) is 0 Å². The Hall–Kier alpha value is -0.960. The van der Waals surface area contributed by atoms with Crippen LogP contribution in [0.2, 0.25) is 0 Å². The summed E-state index contributed by atoms with van der Waals surface area (Å²) in [6.07, 6.45) is 0.537. The fraction of sp³-hybridized carbons (Fsp3) is 0.538. The summed E-state index contributed by atoms with van der Waals surface area (Å²) in [7, 11) is 0. The minimum atomic E-state index is -2.64. The van der Waals surface area contributed by atoms with Crippen LogP contribution in [0.1, 0.15) is 31.9 Å². The molecule has 0 heterocycles. The van der Waals surface area contributed by atoms with Gasteiger partial charge in [-0.15, -0.1) is 0 Å². The van der Waals surface area contributed by atoms with E-state index in [2.05, 4.69) is 0 Å². The van der Waals surface area contributed by atoms with Crippen molar-refractivity contribution in [3.8, 4) is 0 Å². The van der Waals surface area contributed by atoms with Gasteiger partial charge in [-0.2, -0.15) is 0 Å². The average Bonchev–Trinajstić information content (AvgIpc) is 2.03. The predicted molar refractivity (Wildman–Crippen MR) is 62.7 cm³/mol. The van der Waals surface area contributed by atoms with Gasteiger partial charge in [0.15, 0.2) is 0 Å². The lowest BCUT2D eigenvalue weighted by molar-refractivity contribution is 0.0226. The first-order chi connectivity index (χ1) is 7.16. The Morgan fingerprint density at radius 1 is 0.938 bits per heavy atom. The van der Waals surface area contributed by atoms with Gasteiger partial charge in [-0.05, 0) is 38.3 Å². The van der Waals surface area contributed by atoms with E-state index < -0.39 is 5.92 Å². The predicted octanol–water partition coefficient (Wildman–Crippen LogP) is 3.16. The van der Waals surface area contributed by atoms with Gasteiger partial charge < -0.3 is 5.73 Å². The van der Waals surface area contributed by atoms with Crippen LogP contribution in [-0.2, 0) is 12.8 Å². The zero-order valence-electron chi connectivity index (χ0n) is 10.1. The summed E-state index contributed by atoms with van der Waals surface area (Å²) in [5.41, 5.74) is 7.36. The quantitative estimate of drug-likeness (QED) is 0.840. The van der Waals surface area contributed by atoms with Gasteiger partial charge in [0.2, 0.25) is 5.92 Å². The van der Waals surface area contributed by atoms with Gasteiger partial charge in [0.05, 0.1) is 0 Å². The van der Waals surface area contributed by atoms with Crippen LogP contribution in [0.3, 0.4) is 0 Å². The zero-order valence-corrected chi connectivity index (χ0v) is 10.1. The monoisotopic (exact) mass is 227 g/mol. The van der Waals surface area contributed by atoms with Crippen LogP contribution in [0.5, 0.6) is 0 Å². The summed E-state index contributed by atoms with van der Waals surface area (Å²) < 4.78 is 25.5. The molecule has 0 unspecified atom stereocenters.